The smallest absolute Gasteiger partial charge is 0.326 e. The number of fused-ring (bicyclic) bond motifs is 2. The number of carbonyl (C=O) groups is 3. The SMILES string of the molecule is O=C(O)C[C@@H](NC(=O)c1c2c(nc3ccccc13)CCCC2)C(=O)O. The summed E-state index contributed by atoms with van der Waals surface area (Å²) in [5, 5.41) is 21.0. The van der Waals surface area contributed by atoms with E-state index in [1.165, 1.54) is 0 Å². The quantitative estimate of drug-likeness (QED) is 0.762. The number of pyridine rings is 1. The number of para-hydroxylation sites is 1. The molecule has 0 spiro atoms. The molecule has 130 valence electrons. The lowest BCUT2D eigenvalue weighted by Gasteiger charge is -2.21. The number of carboxylic acid groups (broad SMARTS) is 2. The van der Waals surface area contributed by atoms with Crippen molar-refractivity contribution in [3.05, 3.63) is 41.1 Å². The molecular formula is C18H18N2O5. The Kier molecular flexibility index (Phi) is 4.65. The number of aliphatic carboxylic acids is 2. The van der Waals surface area contributed by atoms with Gasteiger partial charge in [-0.25, -0.2) is 4.79 Å². The summed E-state index contributed by atoms with van der Waals surface area (Å²) >= 11 is 0. The Bertz CT molecular complexity index is 862. The van der Waals surface area contributed by atoms with Gasteiger partial charge in [0.05, 0.1) is 17.5 Å². The number of nitrogens with zero attached hydrogens (tertiary/aromatic N) is 1. The highest BCUT2D eigenvalue weighted by Gasteiger charge is 2.27. The molecule has 1 amide bonds. The second kappa shape index (κ2) is 6.88. The van der Waals surface area contributed by atoms with Crippen LogP contribution in [0.2, 0.25) is 0 Å². The molecular weight excluding hydrogens is 324 g/mol. The van der Waals surface area contributed by atoms with Gasteiger partial charge < -0.3 is 15.5 Å². The number of carbonyl (C=O) groups excluding carboxylic acids is 1. The van der Waals surface area contributed by atoms with Crippen molar-refractivity contribution in [2.45, 2.75) is 38.1 Å². The molecule has 7 nitrogen and oxygen atoms in total. The highest BCUT2D eigenvalue weighted by Crippen LogP contribution is 2.29. The zero-order chi connectivity index (χ0) is 18.0. The summed E-state index contributed by atoms with van der Waals surface area (Å²) in [6.07, 6.45) is 2.73. The summed E-state index contributed by atoms with van der Waals surface area (Å²) in [7, 11) is 0. The van der Waals surface area contributed by atoms with E-state index >= 15 is 0 Å². The fraction of sp³-hybridized carbons (Fsp3) is 0.333. The molecule has 1 heterocycles. The van der Waals surface area contributed by atoms with E-state index in [2.05, 4.69) is 10.3 Å². The van der Waals surface area contributed by atoms with Crippen molar-refractivity contribution < 1.29 is 24.6 Å². The summed E-state index contributed by atoms with van der Waals surface area (Å²) < 4.78 is 0. The van der Waals surface area contributed by atoms with Crippen LogP contribution in [0.4, 0.5) is 0 Å². The molecule has 2 aromatic rings. The first-order valence-corrected chi connectivity index (χ1v) is 8.13. The lowest BCUT2D eigenvalue weighted by atomic mass is 9.89. The third-order valence-corrected chi connectivity index (χ3v) is 4.38. The maximum absolute atomic E-state index is 12.8. The third-order valence-electron chi connectivity index (χ3n) is 4.38. The van der Waals surface area contributed by atoms with Gasteiger partial charge in [0, 0.05) is 11.1 Å². The van der Waals surface area contributed by atoms with Crippen molar-refractivity contribution in [3.63, 3.8) is 0 Å². The molecule has 0 radical (unpaired) electrons. The van der Waals surface area contributed by atoms with Crippen molar-refractivity contribution in [2.24, 2.45) is 0 Å². The molecule has 0 saturated heterocycles. The summed E-state index contributed by atoms with van der Waals surface area (Å²) in [6, 6.07) is 5.74. The van der Waals surface area contributed by atoms with Gasteiger partial charge in [0.2, 0.25) is 0 Å². The van der Waals surface area contributed by atoms with Gasteiger partial charge in [0.1, 0.15) is 6.04 Å². The van der Waals surface area contributed by atoms with Crippen LogP contribution in [-0.4, -0.2) is 39.1 Å². The van der Waals surface area contributed by atoms with Crippen LogP contribution in [-0.2, 0) is 22.4 Å². The maximum Gasteiger partial charge on any atom is 0.326 e. The number of benzene rings is 1. The molecule has 0 aliphatic heterocycles. The number of hydrogen-bond acceptors (Lipinski definition) is 4. The standard InChI is InChI=1S/C18H18N2O5/c21-15(22)9-14(18(24)25)20-17(23)16-10-5-1-3-7-12(10)19-13-8-4-2-6-11(13)16/h1,3,5,7,14H,2,4,6,8-9H2,(H,20,23)(H,21,22)(H,24,25)/t14-/m1/s1. The van der Waals surface area contributed by atoms with Gasteiger partial charge in [-0.2, -0.15) is 0 Å². The lowest BCUT2D eigenvalue weighted by molar-refractivity contribution is -0.145. The number of aryl methyl sites for hydroxylation is 1. The molecule has 1 aromatic carbocycles. The third kappa shape index (κ3) is 3.45. The minimum Gasteiger partial charge on any atom is -0.481 e. The Balaban J connectivity index is 2.05. The van der Waals surface area contributed by atoms with Crippen LogP contribution in [0.15, 0.2) is 24.3 Å². The van der Waals surface area contributed by atoms with Gasteiger partial charge in [-0.1, -0.05) is 18.2 Å². The second-order valence-corrected chi connectivity index (χ2v) is 6.10. The summed E-state index contributed by atoms with van der Waals surface area (Å²) in [5.41, 5.74) is 2.79. The summed E-state index contributed by atoms with van der Waals surface area (Å²) in [5.74, 6) is -3.22. The van der Waals surface area contributed by atoms with Gasteiger partial charge >= 0.3 is 11.9 Å². The Morgan fingerprint density at radius 1 is 1.12 bits per heavy atom. The van der Waals surface area contributed by atoms with Gasteiger partial charge in [-0.3, -0.25) is 14.6 Å². The monoisotopic (exact) mass is 342 g/mol. The van der Waals surface area contributed by atoms with Crippen molar-refractivity contribution in [2.75, 3.05) is 0 Å². The highest BCUT2D eigenvalue weighted by molar-refractivity contribution is 6.08. The lowest BCUT2D eigenvalue weighted by Crippen LogP contribution is -2.42. The first kappa shape index (κ1) is 16.9. The first-order valence-electron chi connectivity index (χ1n) is 8.13. The zero-order valence-electron chi connectivity index (χ0n) is 13.5. The number of rotatable bonds is 5. The molecule has 7 heteroatoms. The van der Waals surface area contributed by atoms with Crippen molar-refractivity contribution in [3.8, 4) is 0 Å². The minimum atomic E-state index is -1.48. The van der Waals surface area contributed by atoms with E-state index in [1.54, 1.807) is 12.1 Å². The molecule has 1 aliphatic rings. The van der Waals surface area contributed by atoms with Crippen molar-refractivity contribution >= 4 is 28.7 Å². The molecule has 0 unspecified atom stereocenters. The predicted octanol–water partition coefficient (Wildman–Crippen LogP) is 1.77. The van der Waals surface area contributed by atoms with E-state index in [1.807, 2.05) is 12.1 Å². The zero-order valence-corrected chi connectivity index (χ0v) is 13.5. The minimum absolute atomic E-state index is 0.414. The summed E-state index contributed by atoms with van der Waals surface area (Å²) in [6.45, 7) is 0. The molecule has 0 fully saturated rings. The number of nitrogens with one attached hydrogen (secondary N) is 1. The van der Waals surface area contributed by atoms with E-state index in [0.29, 0.717) is 22.9 Å². The largest absolute Gasteiger partial charge is 0.481 e. The molecule has 0 saturated carbocycles. The molecule has 25 heavy (non-hydrogen) atoms. The Hall–Kier alpha value is -2.96. The Morgan fingerprint density at radius 2 is 1.84 bits per heavy atom. The predicted molar refractivity (Wildman–Crippen MR) is 89.5 cm³/mol. The Labute approximate surface area is 143 Å². The first-order chi connectivity index (χ1) is 12.0. The fourth-order valence-electron chi connectivity index (χ4n) is 3.24. The van der Waals surface area contributed by atoms with Crippen molar-refractivity contribution in [1.82, 2.24) is 10.3 Å². The molecule has 1 aromatic heterocycles. The average molecular weight is 342 g/mol. The van der Waals surface area contributed by atoms with Crippen LogP contribution >= 0.6 is 0 Å². The molecule has 0 bridgehead atoms. The second-order valence-electron chi connectivity index (χ2n) is 6.10. The summed E-state index contributed by atoms with van der Waals surface area (Å²) in [4.78, 5) is 39.6. The maximum atomic E-state index is 12.8. The van der Waals surface area contributed by atoms with Crippen LogP contribution in [0, 0.1) is 0 Å². The van der Waals surface area contributed by atoms with Gasteiger partial charge in [0.25, 0.3) is 5.91 Å². The topological polar surface area (TPSA) is 117 Å². The fourth-order valence-corrected chi connectivity index (χ4v) is 3.24. The van der Waals surface area contributed by atoms with E-state index < -0.39 is 30.3 Å². The van der Waals surface area contributed by atoms with E-state index in [9.17, 15) is 19.5 Å². The number of amides is 1. The van der Waals surface area contributed by atoms with Crippen LogP contribution in [0.25, 0.3) is 10.9 Å². The van der Waals surface area contributed by atoms with E-state index in [0.717, 1.165) is 30.5 Å². The van der Waals surface area contributed by atoms with Gasteiger partial charge in [-0.05, 0) is 37.3 Å². The van der Waals surface area contributed by atoms with E-state index in [-0.39, 0.29) is 0 Å². The normalized spacial score (nSPS) is 14.6. The molecule has 3 N–H and O–H groups in total. The number of carboxylic acids is 2. The van der Waals surface area contributed by atoms with Gasteiger partial charge in [-0.15, -0.1) is 0 Å². The number of hydrogen-bond donors (Lipinski definition) is 3. The van der Waals surface area contributed by atoms with E-state index in [4.69, 9.17) is 5.11 Å². The van der Waals surface area contributed by atoms with Crippen LogP contribution < -0.4 is 5.32 Å². The van der Waals surface area contributed by atoms with Crippen LogP contribution in [0.3, 0.4) is 0 Å². The highest BCUT2D eigenvalue weighted by atomic mass is 16.4. The molecule has 3 rings (SSSR count). The van der Waals surface area contributed by atoms with Crippen molar-refractivity contribution in [1.29, 1.82) is 0 Å². The number of aromatic nitrogens is 1. The van der Waals surface area contributed by atoms with Gasteiger partial charge in [0.15, 0.2) is 0 Å². The van der Waals surface area contributed by atoms with Crippen LogP contribution in [0.1, 0.15) is 40.9 Å². The molecule has 1 aliphatic carbocycles. The Morgan fingerprint density at radius 3 is 2.56 bits per heavy atom. The average Bonchev–Trinajstić information content (AvgIpc) is 2.58. The molecule has 1 atom stereocenters. The van der Waals surface area contributed by atoms with Crippen LogP contribution in [0.5, 0.6) is 0 Å².